The van der Waals surface area contributed by atoms with E-state index in [2.05, 4.69) is 22.0 Å². The number of amides is 4. The predicted octanol–water partition coefficient (Wildman–Crippen LogP) is 1.79. The minimum absolute atomic E-state index is 0.124. The van der Waals surface area contributed by atoms with E-state index in [4.69, 9.17) is 0 Å². The lowest BCUT2D eigenvalue weighted by atomic mass is 9.94. The summed E-state index contributed by atoms with van der Waals surface area (Å²) in [6, 6.07) is 5.02. The van der Waals surface area contributed by atoms with E-state index in [1.54, 1.807) is 6.07 Å². The highest BCUT2D eigenvalue weighted by molar-refractivity contribution is 6.25. The van der Waals surface area contributed by atoms with Crippen LogP contribution in [0.1, 0.15) is 66.2 Å². The van der Waals surface area contributed by atoms with Crippen molar-refractivity contribution < 1.29 is 19.2 Å². The number of piperidine rings is 3. The summed E-state index contributed by atoms with van der Waals surface area (Å²) in [5, 5.41) is 2.25. The summed E-state index contributed by atoms with van der Waals surface area (Å²) in [5.74, 6) is -1.00. The topological polar surface area (TPSA) is 90.0 Å². The SMILES string of the molecule is CC1CCN(C2CCN(c3cccc4c3C(=O)N(C3CCC(=O)NC3=O)C4=O)CC2)CC1. The molecule has 170 valence electrons. The zero-order valence-electron chi connectivity index (χ0n) is 18.5. The Morgan fingerprint density at radius 1 is 0.875 bits per heavy atom. The van der Waals surface area contributed by atoms with Crippen molar-refractivity contribution in [2.24, 2.45) is 5.92 Å². The molecule has 0 aromatic heterocycles. The maximum atomic E-state index is 13.3. The van der Waals surface area contributed by atoms with Crippen LogP contribution in [0.15, 0.2) is 18.2 Å². The van der Waals surface area contributed by atoms with Gasteiger partial charge in [-0.2, -0.15) is 0 Å². The van der Waals surface area contributed by atoms with Crippen molar-refractivity contribution in [3.05, 3.63) is 29.3 Å². The average molecular weight is 439 g/mol. The Hall–Kier alpha value is -2.74. The van der Waals surface area contributed by atoms with Gasteiger partial charge in [0.25, 0.3) is 11.8 Å². The molecule has 4 heterocycles. The van der Waals surface area contributed by atoms with Gasteiger partial charge in [0.2, 0.25) is 11.8 Å². The number of hydrogen-bond acceptors (Lipinski definition) is 6. The molecule has 8 nitrogen and oxygen atoms in total. The third-order valence-electron chi connectivity index (χ3n) is 7.59. The third-order valence-corrected chi connectivity index (χ3v) is 7.59. The lowest BCUT2D eigenvalue weighted by Gasteiger charge is -2.42. The highest BCUT2D eigenvalue weighted by Crippen LogP contribution is 2.36. The van der Waals surface area contributed by atoms with E-state index >= 15 is 0 Å². The van der Waals surface area contributed by atoms with E-state index in [0.29, 0.717) is 17.2 Å². The van der Waals surface area contributed by atoms with Crippen LogP contribution in [-0.2, 0) is 9.59 Å². The molecule has 8 heteroatoms. The Bertz CT molecular complexity index is 961. The van der Waals surface area contributed by atoms with Gasteiger partial charge in [0.15, 0.2) is 0 Å². The summed E-state index contributed by atoms with van der Waals surface area (Å²) in [5.41, 5.74) is 1.53. The molecule has 4 aliphatic heterocycles. The van der Waals surface area contributed by atoms with Crippen LogP contribution in [0.25, 0.3) is 0 Å². The number of benzene rings is 1. The van der Waals surface area contributed by atoms with E-state index in [0.717, 1.165) is 42.4 Å². The van der Waals surface area contributed by atoms with E-state index in [1.165, 1.54) is 25.9 Å². The molecule has 4 amide bonds. The molecule has 0 bridgehead atoms. The average Bonchev–Trinajstić information content (AvgIpc) is 3.05. The van der Waals surface area contributed by atoms with Gasteiger partial charge >= 0.3 is 0 Å². The fourth-order valence-corrected chi connectivity index (χ4v) is 5.63. The van der Waals surface area contributed by atoms with Crippen LogP contribution in [0, 0.1) is 5.92 Å². The Morgan fingerprint density at radius 3 is 2.28 bits per heavy atom. The monoisotopic (exact) mass is 438 g/mol. The molecular weight excluding hydrogens is 408 g/mol. The van der Waals surface area contributed by atoms with E-state index in [9.17, 15) is 19.2 Å². The summed E-state index contributed by atoms with van der Waals surface area (Å²) in [4.78, 5) is 56.1. The zero-order valence-corrected chi connectivity index (χ0v) is 18.5. The third kappa shape index (κ3) is 3.60. The van der Waals surface area contributed by atoms with Gasteiger partial charge < -0.3 is 9.80 Å². The van der Waals surface area contributed by atoms with Crippen LogP contribution in [-0.4, -0.2) is 71.7 Å². The minimum atomic E-state index is -0.930. The summed E-state index contributed by atoms with van der Waals surface area (Å²) in [6.45, 7) is 6.34. The highest BCUT2D eigenvalue weighted by Gasteiger charge is 2.46. The maximum absolute atomic E-state index is 13.3. The molecule has 0 radical (unpaired) electrons. The summed E-state index contributed by atoms with van der Waals surface area (Å²) < 4.78 is 0. The number of carbonyl (C=O) groups excluding carboxylic acids is 4. The van der Waals surface area contributed by atoms with Crippen LogP contribution in [0.4, 0.5) is 5.69 Å². The molecule has 1 unspecified atom stereocenters. The van der Waals surface area contributed by atoms with Gasteiger partial charge in [-0.05, 0) is 63.2 Å². The molecule has 1 aromatic rings. The normalized spacial score (nSPS) is 26.0. The van der Waals surface area contributed by atoms with Crippen LogP contribution in [0.5, 0.6) is 0 Å². The summed E-state index contributed by atoms with van der Waals surface area (Å²) in [7, 11) is 0. The number of nitrogens with one attached hydrogen (secondary N) is 1. The Kier molecular flexibility index (Phi) is 5.49. The number of anilines is 1. The van der Waals surface area contributed by atoms with Crippen molar-refractivity contribution in [3.63, 3.8) is 0 Å². The first-order valence-corrected chi connectivity index (χ1v) is 11.8. The number of rotatable bonds is 3. The molecule has 5 rings (SSSR count). The molecule has 3 saturated heterocycles. The zero-order chi connectivity index (χ0) is 22.4. The molecule has 1 N–H and O–H groups in total. The van der Waals surface area contributed by atoms with E-state index in [1.807, 2.05) is 12.1 Å². The van der Waals surface area contributed by atoms with Gasteiger partial charge in [-0.3, -0.25) is 29.4 Å². The number of fused-ring (bicyclic) bond motifs is 1. The maximum Gasteiger partial charge on any atom is 0.264 e. The lowest BCUT2D eigenvalue weighted by Crippen LogP contribution is -2.54. The number of hydrogen-bond donors (Lipinski definition) is 1. The van der Waals surface area contributed by atoms with Gasteiger partial charge in [0, 0.05) is 25.6 Å². The molecule has 0 aliphatic carbocycles. The first-order valence-electron chi connectivity index (χ1n) is 11.8. The molecule has 3 fully saturated rings. The van der Waals surface area contributed by atoms with Gasteiger partial charge in [0.05, 0.1) is 16.8 Å². The smallest absolute Gasteiger partial charge is 0.264 e. The van der Waals surface area contributed by atoms with Gasteiger partial charge in [-0.25, -0.2) is 0 Å². The van der Waals surface area contributed by atoms with Crippen molar-refractivity contribution in [2.75, 3.05) is 31.1 Å². The first-order chi connectivity index (χ1) is 15.4. The van der Waals surface area contributed by atoms with Crippen molar-refractivity contribution in [2.45, 2.75) is 57.5 Å². The van der Waals surface area contributed by atoms with Gasteiger partial charge in [-0.1, -0.05) is 13.0 Å². The summed E-state index contributed by atoms with van der Waals surface area (Å²) >= 11 is 0. The number of likely N-dealkylation sites (tertiary alicyclic amines) is 1. The number of carbonyl (C=O) groups is 4. The second kappa shape index (κ2) is 8.31. The van der Waals surface area contributed by atoms with Crippen LogP contribution >= 0.6 is 0 Å². The van der Waals surface area contributed by atoms with Gasteiger partial charge in [-0.15, -0.1) is 0 Å². The molecule has 0 spiro atoms. The summed E-state index contributed by atoms with van der Waals surface area (Å²) in [6.07, 6.45) is 4.90. The second-order valence-electron chi connectivity index (χ2n) is 9.58. The fraction of sp³-hybridized carbons (Fsp3) is 0.583. The van der Waals surface area contributed by atoms with Crippen molar-refractivity contribution in [1.29, 1.82) is 0 Å². The molecule has 1 aromatic carbocycles. The van der Waals surface area contributed by atoms with Crippen molar-refractivity contribution in [1.82, 2.24) is 15.1 Å². The first kappa shape index (κ1) is 21.1. The van der Waals surface area contributed by atoms with Crippen molar-refractivity contribution in [3.8, 4) is 0 Å². The Balaban J connectivity index is 1.33. The number of nitrogens with zero attached hydrogens (tertiary/aromatic N) is 3. The molecule has 0 saturated carbocycles. The quantitative estimate of drug-likeness (QED) is 0.724. The Labute approximate surface area is 187 Å². The molecule has 1 atom stereocenters. The molecular formula is C24H30N4O4. The number of imide groups is 2. The standard InChI is InChI=1S/C24H30N4O4/c1-15-7-11-26(12-8-15)16-9-13-27(14-10-16)18-4-2-3-17-21(18)24(32)28(23(17)31)19-5-6-20(29)25-22(19)30/h2-4,15-16,19H,5-14H2,1H3,(H,25,29,30). The minimum Gasteiger partial charge on any atom is -0.371 e. The second-order valence-corrected chi connectivity index (χ2v) is 9.58. The van der Waals surface area contributed by atoms with E-state index < -0.39 is 23.8 Å². The highest BCUT2D eigenvalue weighted by atomic mass is 16.2. The van der Waals surface area contributed by atoms with Crippen LogP contribution in [0.3, 0.4) is 0 Å². The van der Waals surface area contributed by atoms with Crippen LogP contribution in [0.2, 0.25) is 0 Å². The van der Waals surface area contributed by atoms with Crippen LogP contribution < -0.4 is 10.2 Å². The largest absolute Gasteiger partial charge is 0.371 e. The van der Waals surface area contributed by atoms with Crippen molar-refractivity contribution >= 4 is 29.3 Å². The van der Waals surface area contributed by atoms with Gasteiger partial charge in [0.1, 0.15) is 6.04 Å². The molecule has 32 heavy (non-hydrogen) atoms. The fourth-order valence-electron chi connectivity index (χ4n) is 5.63. The lowest BCUT2D eigenvalue weighted by molar-refractivity contribution is -0.136. The predicted molar refractivity (Wildman–Crippen MR) is 118 cm³/mol. The Morgan fingerprint density at radius 2 is 1.59 bits per heavy atom. The van der Waals surface area contributed by atoms with E-state index in [-0.39, 0.29) is 18.7 Å². The molecule has 4 aliphatic rings.